The molecule has 134 valence electrons. The summed E-state index contributed by atoms with van der Waals surface area (Å²) in [5, 5.41) is 12.2. The number of aromatic nitrogens is 3. The maximum Gasteiger partial charge on any atom is 0.313 e. The number of benzene rings is 2. The molecule has 1 saturated carbocycles. The Hall–Kier alpha value is -2.86. The molecule has 1 aliphatic rings. The highest BCUT2D eigenvalue weighted by Gasteiger charge is 2.26. The second kappa shape index (κ2) is 6.39. The lowest BCUT2D eigenvalue weighted by Gasteiger charge is -2.14. The summed E-state index contributed by atoms with van der Waals surface area (Å²) in [5.74, 6) is -0.246. The van der Waals surface area contributed by atoms with Crippen LogP contribution in [0.25, 0.3) is 27.6 Å². The summed E-state index contributed by atoms with van der Waals surface area (Å²) >= 11 is 1.22. The number of pyridine rings is 1. The number of thioether (sulfide) groups is 1. The van der Waals surface area contributed by atoms with Gasteiger partial charge in [-0.25, -0.2) is 9.97 Å². The number of carbonyl (C=O) groups is 1. The summed E-state index contributed by atoms with van der Waals surface area (Å²) in [6, 6.07) is 16.5. The summed E-state index contributed by atoms with van der Waals surface area (Å²) in [5.41, 5.74) is 3.89. The molecule has 0 amide bonds. The Labute approximate surface area is 160 Å². The summed E-state index contributed by atoms with van der Waals surface area (Å²) in [6.45, 7) is 0. The highest BCUT2D eigenvalue weighted by molar-refractivity contribution is 7.99. The Morgan fingerprint density at radius 3 is 2.70 bits per heavy atom. The van der Waals surface area contributed by atoms with E-state index in [-0.39, 0.29) is 5.75 Å². The summed E-state index contributed by atoms with van der Waals surface area (Å²) < 4.78 is 1.99. The molecule has 0 atom stereocenters. The minimum absolute atomic E-state index is 0.0403. The van der Waals surface area contributed by atoms with Crippen LogP contribution in [0.2, 0.25) is 0 Å². The number of fused-ring (bicyclic) bond motifs is 2. The van der Waals surface area contributed by atoms with Crippen molar-refractivity contribution in [1.29, 1.82) is 0 Å². The SMILES string of the molecule is O=C(O)CSc1nc2cccnc2n1-c1ccc(C2CC2)c2ccccc12. The number of carboxylic acid groups (broad SMARTS) is 1. The van der Waals surface area contributed by atoms with Crippen molar-refractivity contribution >= 4 is 39.7 Å². The van der Waals surface area contributed by atoms with E-state index in [1.165, 1.54) is 35.6 Å². The maximum absolute atomic E-state index is 11.1. The average molecular weight is 375 g/mol. The fourth-order valence-electron chi connectivity index (χ4n) is 3.58. The molecule has 1 fully saturated rings. The largest absolute Gasteiger partial charge is 0.481 e. The van der Waals surface area contributed by atoms with Gasteiger partial charge < -0.3 is 5.11 Å². The van der Waals surface area contributed by atoms with Gasteiger partial charge in [-0.05, 0) is 47.9 Å². The molecular formula is C21H17N3O2S. The van der Waals surface area contributed by atoms with E-state index in [0.29, 0.717) is 11.1 Å². The van der Waals surface area contributed by atoms with E-state index >= 15 is 0 Å². The first-order valence-electron chi connectivity index (χ1n) is 8.92. The molecule has 27 heavy (non-hydrogen) atoms. The molecule has 0 radical (unpaired) electrons. The van der Waals surface area contributed by atoms with Gasteiger partial charge >= 0.3 is 5.97 Å². The minimum Gasteiger partial charge on any atom is -0.481 e. The van der Waals surface area contributed by atoms with Crippen LogP contribution in [0.5, 0.6) is 0 Å². The third-order valence-electron chi connectivity index (χ3n) is 4.90. The van der Waals surface area contributed by atoms with Crippen molar-refractivity contribution in [3.63, 3.8) is 0 Å². The lowest BCUT2D eigenvalue weighted by molar-refractivity contribution is -0.133. The van der Waals surface area contributed by atoms with Gasteiger partial charge in [-0.3, -0.25) is 9.36 Å². The molecule has 2 aromatic heterocycles. The number of hydrogen-bond donors (Lipinski definition) is 1. The van der Waals surface area contributed by atoms with Gasteiger partial charge in [0.15, 0.2) is 10.8 Å². The number of carboxylic acids is 1. The molecule has 6 heteroatoms. The van der Waals surface area contributed by atoms with Crippen molar-refractivity contribution in [2.45, 2.75) is 23.9 Å². The van der Waals surface area contributed by atoms with Gasteiger partial charge in [0.05, 0.1) is 11.4 Å². The summed E-state index contributed by atoms with van der Waals surface area (Å²) in [7, 11) is 0. The monoisotopic (exact) mass is 375 g/mol. The van der Waals surface area contributed by atoms with Crippen LogP contribution in [0.1, 0.15) is 24.3 Å². The van der Waals surface area contributed by atoms with Gasteiger partial charge in [0.1, 0.15) is 5.52 Å². The second-order valence-corrected chi connectivity index (χ2v) is 7.69. The van der Waals surface area contributed by atoms with E-state index < -0.39 is 5.97 Å². The van der Waals surface area contributed by atoms with Crippen LogP contribution >= 0.6 is 11.8 Å². The van der Waals surface area contributed by atoms with Gasteiger partial charge in [-0.15, -0.1) is 0 Å². The van der Waals surface area contributed by atoms with Crippen molar-refractivity contribution in [2.75, 3.05) is 5.75 Å². The standard InChI is InChI=1S/C21H17N3O2S/c25-19(26)12-27-21-23-17-6-3-11-22-20(17)24(21)18-10-9-14(13-7-8-13)15-4-1-2-5-16(15)18/h1-6,9-11,13H,7-8,12H2,(H,25,26). The lowest BCUT2D eigenvalue weighted by atomic mass is 9.99. The first-order chi connectivity index (χ1) is 13.2. The zero-order valence-electron chi connectivity index (χ0n) is 14.5. The lowest BCUT2D eigenvalue weighted by Crippen LogP contribution is -2.03. The second-order valence-electron chi connectivity index (χ2n) is 6.75. The van der Waals surface area contributed by atoms with Gasteiger partial charge in [0, 0.05) is 11.6 Å². The van der Waals surface area contributed by atoms with Crippen molar-refractivity contribution in [3.05, 3.63) is 60.3 Å². The molecule has 1 N–H and O–H groups in total. The van der Waals surface area contributed by atoms with Crippen LogP contribution in [0.4, 0.5) is 0 Å². The molecule has 0 spiro atoms. The Bertz CT molecular complexity index is 1180. The van der Waals surface area contributed by atoms with E-state index in [1.54, 1.807) is 6.20 Å². The molecule has 0 bridgehead atoms. The van der Waals surface area contributed by atoms with Crippen LogP contribution in [0, 0.1) is 0 Å². The van der Waals surface area contributed by atoms with Crippen LogP contribution in [0.15, 0.2) is 59.9 Å². The number of nitrogens with zero attached hydrogens (tertiary/aromatic N) is 3. The highest BCUT2D eigenvalue weighted by Crippen LogP contribution is 2.44. The molecule has 5 nitrogen and oxygen atoms in total. The highest BCUT2D eigenvalue weighted by atomic mass is 32.2. The van der Waals surface area contributed by atoms with E-state index in [2.05, 4.69) is 40.3 Å². The third kappa shape index (κ3) is 2.86. The zero-order valence-corrected chi connectivity index (χ0v) is 15.3. The maximum atomic E-state index is 11.1. The summed E-state index contributed by atoms with van der Waals surface area (Å²) in [6.07, 6.45) is 4.24. The predicted octanol–water partition coefficient (Wildman–Crippen LogP) is 4.63. The topological polar surface area (TPSA) is 68.0 Å². The molecule has 1 aliphatic carbocycles. The van der Waals surface area contributed by atoms with Gasteiger partial charge in [-0.1, -0.05) is 42.1 Å². The van der Waals surface area contributed by atoms with Crippen molar-refractivity contribution in [3.8, 4) is 5.69 Å². The number of rotatable bonds is 5. The van der Waals surface area contributed by atoms with E-state index in [4.69, 9.17) is 5.11 Å². The molecule has 2 heterocycles. The van der Waals surface area contributed by atoms with Crippen LogP contribution < -0.4 is 0 Å². The first kappa shape index (κ1) is 16.3. The molecule has 0 saturated heterocycles. The number of aliphatic carboxylic acids is 1. The molecule has 4 aromatic rings. The quantitative estimate of drug-likeness (QED) is 0.515. The van der Waals surface area contributed by atoms with Crippen LogP contribution in [-0.4, -0.2) is 31.4 Å². The Balaban J connectivity index is 1.77. The average Bonchev–Trinajstić information content (AvgIpc) is 3.46. The molecule has 0 unspecified atom stereocenters. The molecule has 0 aliphatic heterocycles. The number of hydrogen-bond acceptors (Lipinski definition) is 4. The molecule has 5 rings (SSSR count). The Morgan fingerprint density at radius 2 is 1.93 bits per heavy atom. The number of imidazole rings is 1. The third-order valence-corrected chi connectivity index (χ3v) is 5.83. The smallest absolute Gasteiger partial charge is 0.313 e. The Morgan fingerprint density at radius 1 is 1.11 bits per heavy atom. The van der Waals surface area contributed by atoms with E-state index in [1.807, 2.05) is 22.8 Å². The Kier molecular flexibility index (Phi) is 3.86. The van der Waals surface area contributed by atoms with Crippen LogP contribution in [0.3, 0.4) is 0 Å². The normalized spacial score (nSPS) is 14.1. The van der Waals surface area contributed by atoms with E-state index in [9.17, 15) is 4.79 Å². The van der Waals surface area contributed by atoms with Crippen molar-refractivity contribution in [1.82, 2.24) is 14.5 Å². The summed E-state index contributed by atoms with van der Waals surface area (Å²) in [4.78, 5) is 20.3. The molecule has 2 aromatic carbocycles. The van der Waals surface area contributed by atoms with Crippen LogP contribution in [-0.2, 0) is 4.79 Å². The fraction of sp³-hybridized carbons (Fsp3) is 0.190. The molecular weight excluding hydrogens is 358 g/mol. The minimum atomic E-state index is -0.861. The first-order valence-corrected chi connectivity index (χ1v) is 9.91. The zero-order chi connectivity index (χ0) is 18.4. The van der Waals surface area contributed by atoms with Crippen molar-refractivity contribution in [2.24, 2.45) is 0 Å². The predicted molar refractivity (Wildman–Crippen MR) is 107 cm³/mol. The van der Waals surface area contributed by atoms with Gasteiger partial charge in [0.25, 0.3) is 0 Å². The van der Waals surface area contributed by atoms with E-state index in [0.717, 1.165) is 22.2 Å². The van der Waals surface area contributed by atoms with Gasteiger partial charge in [0.2, 0.25) is 0 Å². The van der Waals surface area contributed by atoms with Crippen molar-refractivity contribution < 1.29 is 9.90 Å². The fourth-order valence-corrected chi connectivity index (χ4v) is 4.31. The van der Waals surface area contributed by atoms with Gasteiger partial charge in [-0.2, -0.15) is 0 Å².